The molecule has 0 spiro atoms. The lowest BCUT2D eigenvalue weighted by atomic mass is 10.2. The highest BCUT2D eigenvalue weighted by atomic mass is 32.2. The molecule has 0 N–H and O–H groups in total. The van der Waals surface area contributed by atoms with Gasteiger partial charge in [-0.2, -0.15) is 4.31 Å². The molecule has 0 atom stereocenters. The van der Waals surface area contributed by atoms with E-state index in [1.54, 1.807) is 12.1 Å². The average molecular weight is 499 g/mol. The highest BCUT2D eigenvalue weighted by Gasteiger charge is 2.29. The van der Waals surface area contributed by atoms with Gasteiger partial charge in [0.2, 0.25) is 10.0 Å². The number of nitrogens with zero attached hydrogens (tertiary/aromatic N) is 2. The number of ether oxygens (including phenoxy) is 2. The first-order chi connectivity index (χ1) is 16.8. The van der Waals surface area contributed by atoms with E-state index in [0.717, 1.165) is 11.3 Å². The number of esters is 1. The zero-order valence-corrected chi connectivity index (χ0v) is 20.2. The van der Waals surface area contributed by atoms with Gasteiger partial charge >= 0.3 is 5.97 Å². The standard InChI is InChI=1S/C26H27FN2O5S/c1-20-4-2-6-24(18-20)33-16-17-34-26(30)21-5-3-7-25(19-21)35(31,32)29-14-12-28(13-15-29)23-10-8-22(27)9-11-23/h2-11,18-19H,12-17H2,1H3. The molecule has 1 fully saturated rings. The number of aryl methyl sites for hydroxylation is 1. The lowest BCUT2D eigenvalue weighted by Crippen LogP contribution is -2.48. The van der Waals surface area contributed by atoms with E-state index in [9.17, 15) is 17.6 Å². The number of sulfonamides is 1. The third kappa shape index (κ3) is 6.17. The second-order valence-corrected chi connectivity index (χ2v) is 10.1. The monoisotopic (exact) mass is 498 g/mol. The maximum absolute atomic E-state index is 13.2. The zero-order chi connectivity index (χ0) is 24.8. The third-order valence-electron chi connectivity index (χ3n) is 5.71. The normalized spacial score (nSPS) is 14.5. The summed E-state index contributed by atoms with van der Waals surface area (Å²) in [4.78, 5) is 14.5. The number of anilines is 1. The van der Waals surface area contributed by atoms with E-state index in [4.69, 9.17) is 9.47 Å². The molecule has 7 nitrogen and oxygen atoms in total. The summed E-state index contributed by atoms with van der Waals surface area (Å²) in [5.41, 5.74) is 2.07. The van der Waals surface area contributed by atoms with Crippen LogP contribution in [0.5, 0.6) is 5.75 Å². The highest BCUT2D eigenvalue weighted by molar-refractivity contribution is 7.89. The van der Waals surface area contributed by atoms with Gasteiger partial charge in [-0.1, -0.05) is 18.2 Å². The van der Waals surface area contributed by atoms with Crippen molar-refractivity contribution in [3.8, 4) is 5.75 Å². The van der Waals surface area contributed by atoms with Crippen molar-refractivity contribution in [2.75, 3.05) is 44.3 Å². The molecule has 0 bridgehead atoms. The largest absolute Gasteiger partial charge is 0.490 e. The van der Waals surface area contributed by atoms with Crippen LogP contribution in [0.3, 0.4) is 0 Å². The fourth-order valence-corrected chi connectivity index (χ4v) is 5.32. The minimum atomic E-state index is -3.78. The van der Waals surface area contributed by atoms with Gasteiger partial charge in [-0.05, 0) is 67.1 Å². The van der Waals surface area contributed by atoms with Gasteiger partial charge in [0, 0.05) is 31.9 Å². The quantitative estimate of drug-likeness (QED) is 0.347. The van der Waals surface area contributed by atoms with Gasteiger partial charge in [0.05, 0.1) is 10.5 Å². The highest BCUT2D eigenvalue weighted by Crippen LogP contribution is 2.22. The lowest BCUT2D eigenvalue weighted by molar-refractivity contribution is 0.0450. The number of carbonyl (C=O) groups excluding carboxylic acids is 1. The molecule has 0 aliphatic carbocycles. The van der Waals surface area contributed by atoms with Crippen LogP contribution in [-0.2, 0) is 14.8 Å². The van der Waals surface area contributed by atoms with Gasteiger partial charge in [-0.3, -0.25) is 0 Å². The molecule has 9 heteroatoms. The minimum absolute atomic E-state index is 0.0368. The minimum Gasteiger partial charge on any atom is -0.490 e. The zero-order valence-electron chi connectivity index (χ0n) is 19.4. The summed E-state index contributed by atoms with van der Waals surface area (Å²) in [6.07, 6.45) is 0. The van der Waals surface area contributed by atoms with Crippen molar-refractivity contribution in [2.45, 2.75) is 11.8 Å². The molecule has 0 unspecified atom stereocenters. The summed E-state index contributed by atoms with van der Waals surface area (Å²) in [7, 11) is -3.78. The predicted molar refractivity (Wildman–Crippen MR) is 131 cm³/mol. The molecule has 0 radical (unpaired) electrons. The average Bonchev–Trinajstić information content (AvgIpc) is 2.87. The van der Waals surface area contributed by atoms with Gasteiger partial charge in [0.25, 0.3) is 0 Å². The van der Waals surface area contributed by atoms with E-state index in [1.807, 2.05) is 36.1 Å². The van der Waals surface area contributed by atoms with Crippen molar-refractivity contribution in [2.24, 2.45) is 0 Å². The number of piperazine rings is 1. The fraction of sp³-hybridized carbons (Fsp3) is 0.269. The Morgan fingerprint density at radius 2 is 1.63 bits per heavy atom. The van der Waals surface area contributed by atoms with Crippen molar-refractivity contribution < 1.29 is 27.1 Å². The first kappa shape index (κ1) is 24.7. The van der Waals surface area contributed by atoms with Crippen molar-refractivity contribution in [1.29, 1.82) is 0 Å². The number of rotatable bonds is 8. The first-order valence-corrected chi connectivity index (χ1v) is 12.7. The third-order valence-corrected chi connectivity index (χ3v) is 7.61. The van der Waals surface area contributed by atoms with Crippen molar-refractivity contribution in [3.63, 3.8) is 0 Å². The summed E-state index contributed by atoms with van der Waals surface area (Å²) < 4.78 is 51.8. The second-order valence-electron chi connectivity index (χ2n) is 8.20. The van der Waals surface area contributed by atoms with E-state index in [1.165, 1.54) is 40.7 Å². The Morgan fingerprint density at radius 1 is 0.914 bits per heavy atom. The molecular formula is C26H27FN2O5S. The molecule has 0 aromatic heterocycles. The molecular weight excluding hydrogens is 471 g/mol. The molecule has 1 aliphatic rings. The maximum atomic E-state index is 13.2. The molecule has 35 heavy (non-hydrogen) atoms. The number of hydrogen-bond donors (Lipinski definition) is 0. The van der Waals surface area contributed by atoms with Gasteiger partial charge in [0.1, 0.15) is 24.8 Å². The van der Waals surface area contributed by atoms with Gasteiger partial charge in [-0.15, -0.1) is 0 Å². The van der Waals surface area contributed by atoms with E-state index in [2.05, 4.69) is 0 Å². The Hall–Kier alpha value is -3.43. The number of hydrogen-bond acceptors (Lipinski definition) is 6. The number of carbonyl (C=O) groups is 1. The molecule has 1 heterocycles. The summed E-state index contributed by atoms with van der Waals surface area (Å²) >= 11 is 0. The van der Waals surface area contributed by atoms with Crippen LogP contribution in [0.25, 0.3) is 0 Å². The molecule has 0 saturated carbocycles. The molecule has 3 aromatic carbocycles. The smallest absolute Gasteiger partial charge is 0.338 e. The Balaban J connectivity index is 1.33. The van der Waals surface area contributed by atoms with E-state index < -0.39 is 16.0 Å². The number of benzene rings is 3. The fourth-order valence-electron chi connectivity index (χ4n) is 3.85. The molecule has 3 aromatic rings. The van der Waals surface area contributed by atoms with Crippen LogP contribution in [0.4, 0.5) is 10.1 Å². The van der Waals surface area contributed by atoms with E-state index in [-0.39, 0.29) is 42.6 Å². The first-order valence-electron chi connectivity index (χ1n) is 11.3. The summed E-state index contributed by atoms with van der Waals surface area (Å²) in [5.74, 6) is -0.239. The topological polar surface area (TPSA) is 76.1 Å². The van der Waals surface area contributed by atoms with Crippen LogP contribution in [0.15, 0.2) is 77.7 Å². The lowest BCUT2D eigenvalue weighted by Gasteiger charge is -2.35. The summed E-state index contributed by atoms with van der Waals surface area (Å²) in [6.45, 7) is 3.70. The molecule has 4 rings (SSSR count). The molecule has 184 valence electrons. The van der Waals surface area contributed by atoms with Gasteiger partial charge in [0.15, 0.2) is 0 Å². The van der Waals surface area contributed by atoms with Crippen LogP contribution in [0.1, 0.15) is 15.9 Å². The summed E-state index contributed by atoms with van der Waals surface area (Å²) in [5, 5.41) is 0. The molecule has 1 saturated heterocycles. The number of halogens is 1. The second kappa shape index (κ2) is 10.9. The maximum Gasteiger partial charge on any atom is 0.338 e. The van der Waals surface area contributed by atoms with Crippen molar-refractivity contribution in [3.05, 3.63) is 89.7 Å². The summed E-state index contributed by atoms with van der Waals surface area (Å²) in [6, 6.07) is 19.5. The van der Waals surface area contributed by atoms with Crippen molar-refractivity contribution in [1.82, 2.24) is 4.31 Å². The van der Waals surface area contributed by atoms with E-state index >= 15 is 0 Å². The van der Waals surface area contributed by atoms with Crippen LogP contribution in [0.2, 0.25) is 0 Å². The Morgan fingerprint density at radius 3 is 2.34 bits per heavy atom. The van der Waals surface area contributed by atoms with Crippen molar-refractivity contribution >= 4 is 21.7 Å². The van der Waals surface area contributed by atoms with Crippen LogP contribution in [-0.4, -0.2) is 58.1 Å². The van der Waals surface area contributed by atoms with Gasteiger partial charge < -0.3 is 14.4 Å². The molecule has 1 aliphatic heterocycles. The van der Waals surface area contributed by atoms with Crippen LogP contribution in [0, 0.1) is 12.7 Å². The Kier molecular flexibility index (Phi) is 7.67. The SMILES string of the molecule is Cc1cccc(OCCOC(=O)c2cccc(S(=O)(=O)N3CCN(c4ccc(F)cc4)CC3)c2)c1. The van der Waals surface area contributed by atoms with E-state index in [0.29, 0.717) is 18.8 Å². The van der Waals surface area contributed by atoms with Crippen LogP contribution >= 0.6 is 0 Å². The van der Waals surface area contributed by atoms with Gasteiger partial charge in [-0.25, -0.2) is 17.6 Å². The van der Waals surface area contributed by atoms with Crippen LogP contribution < -0.4 is 9.64 Å². The molecule has 0 amide bonds. The Bertz CT molecular complexity index is 1270. The Labute approximate surface area is 204 Å². The predicted octanol–water partition coefficient (Wildman–Crippen LogP) is 3.88.